The number of halogens is 2. The third-order valence-corrected chi connectivity index (χ3v) is 6.10. The fourth-order valence-electron chi connectivity index (χ4n) is 3.37. The van der Waals surface area contributed by atoms with E-state index in [-0.39, 0.29) is 24.8 Å². The van der Waals surface area contributed by atoms with Crippen molar-refractivity contribution in [1.29, 1.82) is 0 Å². The summed E-state index contributed by atoms with van der Waals surface area (Å²) < 4.78 is 1.33. The van der Waals surface area contributed by atoms with Gasteiger partial charge in [0, 0.05) is 0 Å². The molecule has 2 aromatic rings. The van der Waals surface area contributed by atoms with Gasteiger partial charge in [-0.3, -0.25) is 12.2 Å². The molecule has 0 bridgehead atoms. The van der Waals surface area contributed by atoms with E-state index in [0.717, 1.165) is 0 Å². The first-order valence-corrected chi connectivity index (χ1v) is 11.3. The fraction of sp³-hybridized carbons (Fsp3) is 0.276. The third-order valence-electron chi connectivity index (χ3n) is 5.20. The van der Waals surface area contributed by atoms with Gasteiger partial charge in [0.25, 0.3) is 0 Å². The van der Waals surface area contributed by atoms with E-state index in [2.05, 4.69) is 134 Å². The molecule has 2 unspecified atom stereocenters. The molecule has 0 radical (unpaired) electrons. The number of hydrogen-bond acceptors (Lipinski definition) is 0. The van der Waals surface area contributed by atoms with Gasteiger partial charge in [-0.2, -0.15) is 12.2 Å². The van der Waals surface area contributed by atoms with Crippen LogP contribution in [0.1, 0.15) is 52.7 Å². The van der Waals surface area contributed by atoms with Crippen LogP contribution in [0, 0.1) is 24.0 Å². The normalized spacial score (nSPS) is 18.1. The van der Waals surface area contributed by atoms with E-state index in [4.69, 9.17) is 0 Å². The Kier molecular flexibility index (Phi) is 14.7. The SMILES string of the molecule is CC1=[C-]C(C)C=C1C.CC1=[C-]C(C)C=C1C.[Cl-].[Cl-].[Ti+2]=[C](c1ccccc1)c1ccccc1. The van der Waals surface area contributed by atoms with Gasteiger partial charge in [-0.05, 0) is 0 Å². The van der Waals surface area contributed by atoms with Gasteiger partial charge in [-0.25, -0.2) is 22.3 Å². The molecule has 0 spiro atoms. The Bertz CT molecular complexity index is 851. The molecular weight excluding hydrogens is 467 g/mol. The summed E-state index contributed by atoms with van der Waals surface area (Å²) in [5.74, 6) is 1.10. The van der Waals surface area contributed by atoms with Crippen molar-refractivity contribution in [3.8, 4) is 0 Å². The molecule has 0 nitrogen and oxygen atoms in total. The molecule has 0 saturated heterocycles. The minimum atomic E-state index is 0. The maximum absolute atomic E-state index is 3.29. The van der Waals surface area contributed by atoms with E-state index in [1.165, 1.54) is 37.2 Å². The van der Waals surface area contributed by atoms with Crippen molar-refractivity contribution < 1.29 is 44.8 Å². The standard InChI is InChI=1S/C13H10.2C8H11.2ClH.Ti/c1-3-7-12(8-4-1)11-13-9-5-2-6-10-13;2*1-6-4-7(2)8(3)5-6;;;/h1-10H;2*4,6H,1-3H3;2*1H;/q;2*-1;;;+2/p-2. The molecule has 4 rings (SSSR count). The van der Waals surface area contributed by atoms with Gasteiger partial charge in [0.15, 0.2) is 0 Å². The van der Waals surface area contributed by atoms with Gasteiger partial charge in [-0.1, -0.05) is 39.5 Å². The molecule has 3 heteroatoms. The molecule has 2 aliphatic rings. The first kappa shape index (κ1) is 30.6. The van der Waals surface area contributed by atoms with Crippen molar-refractivity contribution in [2.24, 2.45) is 11.8 Å². The van der Waals surface area contributed by atoms with Crippen LogP contribution in [-0.4, -0.2) is 3.81 Å². The van der Waals surface area contributed by atoms with Gasteiger partial charge in [0.2, 0.25) is 0 Å². The van der Waals surface area contributed by atoms with Crippen LogP contribution < -0.4 is 24.8 Å². The summed E-state index contributed by atoms with van der Waals surface area (Å²) in [6, 6.07) is 20.9. The Morgan fingerprint density at radius 2 is 0.938 bits per heavy atom. The molecule has 0 saturated carbocycles. The average Bonchev–Trinajstić information content (AvgIpc) is 3.20. The van der Waals surface area contributed by atoms with Crippen LogP contribution in [0.25, 0.3) is 0 Å². The molecule has 2 aromatic carbocycles. The van der Waals surface area contributed by atoms with Gasteiger partial charge in [0.05, 0.1) is 0 Å². The molecule has 0 aliphatic heterocycles. The number of allylic oxidation sites excluding steroid dienone is 8. The summed E-state index contributed by atoms with van der Waals surface area (Å²) in [6.07, 6.45) is 11.0. The number of benzene rings is 2. The predicted molar refractivity (Wildman–Crippen MR) is 127 cm³/mol. The molecule has 2 aliphatic carbocycles. The minimum absolute atomic E-state index is 0. The van der Waals surface area contributed by atoms with Crippen molar-refractivity contribution in [3.05, 3.63) is 118 Å². The first-order valence-electron chi connectivity index (χ1n) is 10.5. The topological polar surface area (TPSA) is 0 Å². The van der Waals surface area contributed by atoms with Crippen LogP contribution in [0.2, 0.25) is 0 Å². The molecule has 2 atom stereocenters. The van der Waals surface area contributed by atoms with Crippen molar-refractivity contribution in [3.63, 3.8) is 0 Å². The Hall–Kier alpha value is -1.44. The number of rotatable bonds is 2. The first-order chi connectivity index (χ1) is 14.3. The molecule has 0 aromatic heterocycles. The second-order valence-electron chi connectivity index (χ2n) is 7.92. The average molecular weight is 499 g/mol. The van der Waals surface area contributed by atoms with E-state index in [9.17, 15) is 0 Å². The zero-order valence-electron chi connectivity index (χ0n) is 19.8. The van der Waals surface area contributed by atoms with Crippen LogP contribution in [-0.2, 0) is 20.0 Å². The second-order valence-corrected chi connectivity index (χ2v) is 8.70. The summed E-state index contributed by atoms with van der Waals surface area (Å²) in [4.78, 5) is 0. The summed E-state index contributed by atoms with van der Waals surface area (Å²) in [7, 11) is 0. The Balaban J connectivity index is 0.000000465. The van der Waals surface area contributed by atoms with Gasteiger partial charge in [-0.15, -0.1) is 13.8 Å². The zero-order chi connectivity index (χ0) is 22.1. The van der Waals surface area contributed by atoms with E-state index in [1.54, 1.807) is 0 Å². The van der Waals surface area contributed by atoms with E-state index in [1.807, 2.05) is 12.1 Å². The van der Waals surface area contributed by atoms with Crippen LogP contribution >= 0.6 is 0 Å². The Labute approximate surface area is 219 Å². The summed E-state index contributed by atoms with van der Waals surface area (Å²) in [5.41, 5.74) is 7.99. The van der Waals surface area contributed by atoms with Crippen molar-refractivity contribution in [1.82, 2.24) is 0 Å². The molecule has 0 fully saturated rings. The molecule has 168 valence electrons. The molecule has 32 heavy (non-hydrogen) atoms. The summed E-state index contributed by atoms with van der Waals surface area (Å²) in [6.45, 7) is 12.8. The zero-order valence-corrected chi connectivity index (χ0v) is 22.9. The maximum atomic E-state index is 3.29. The van der Waals surface area contributed by atoms with Crippen molar-refractivity contribution in [2.75, 3.05) is 0 Å². The molecule has 0 heterocycles. The van der Waals surface area contributed by atoms with Crippen LogP contribution in [0.4, 0.5) is 0 Å². The fourth-order valence-corrected chi connectivity index (χ4v) is 3.89. The van der Waals surface area contributed by atoms with E-state index < -0.39 is 0 Å². The molecule has 0 N–H and O–H groups in total. The van der Waals surface area contributed by atoms with Crippen LogP contribution in [0.5, 0.6) is 0 Å². The monoisotopic (exact) mass is 498 g/mol. The number of hydrogen-bond donors (Lipinski definition) is 0. The third kappa shape index (κ3) is 10.0. The van der Waals surface area contributed by atoms with Crippen molar-refractivity contribution in [2.45, 2.75) is 41.5 Å². The summed E-state index contributed by atoms with van der Waals surface area (Å²) >= 11 is 2.16. The van der Waals surface area contributed by atoms with Crippen LogP contribution in [0.15, 0.2) is 95.1 Å². The predicted octanol–water partition coefficient (Wildman–Crippen LogP) is 1.47. The molecule has 0 amide bonds. The van der Waals surface area contributed by atoms with Gasteiger partial charge in [0.1, 0.15) is 0 Å². The van der Waals surface area contributed by atoms with E-state index in [0.29, 0.717) is 11.8 Å². The van der Waals surface area contributed by atoms with Gasteiger partial charge < -0.3 is 24.8 Å². The van der Waals surface area contributed by atoms with Crippen LogP contribution in [0.3, 0.4) is 0 Å². The molecular formula is C29H32Cl2Ti-2. The summed E-state index contributed by atoms with van der Waals surface area (Å²) in [5, 5.41) is 0. The van der Waals surface area contributed by atoms with Crippen molar-refractivity contribution >= 4 is 3.81 Å². The second kappa shape index (κ2) is 15.4. The van der Waals surface area contributed by atoms with Gasteiger partial charge >= 0.3 is 95.6 Å². The van der Waals surface area contributed by atoms with E-state index >= 15 is 0 Å². The Morgan fingerprint density at radius 3 is 1.12 bits per heavy atom. The Morgan fingerprint density at radius 1 is 0.625 bits per heavy atom. The quantitative estimate of drug-likeness (QED) is 0.434.